The van der Waals surface area contributed by atoms with Crippen molar-refractivity contribution in [2.75, 3.05) is 33.7 Å². The number of hydrogen-bond acceptors (Lipinski definition) is 8. The van der Waals surface area contributed by atoms with Crippen molar-refractivity contribution in [3.8, 4) is 0 Å². The number of nitrogens with zero attached hydrogens (tertiary/aromatic N) is 3. The summed E-state index contributed by atoms with van der Waals surface area (Å²) in [5.41, 5.74) is 4.75. The Bertz CT molecular complexity index is 1410. The summed E-state index contributed by atoms with van der Waals surface area (Å²) < 4.78 is 0. The molecule has 4 atom stereocenters. The number of carbonyl (C=O) groups is 2. The minimum atomic E-state index is -0.608. The maximum Gasteiger partial charge on any atom is 0.280 e. The quantitative estimate of drug-likeness (QED) is 0.324. The molecule has 9 nitrogen and oxygen atoms in total. The van der Waals surface area contributed by atoms with Crippen LogP contribution in [0.1, 0.15) is 76.6 Å². The smallest absolute Gasteiger partial charge is 0.280 e. The monoisotopic (exact) mass is 578 g/mol. The molecule has 0 radical (unpaired) electrons. The fourth-order valence-electron chi connectivity index (χ4n) is 5.74. The number of aryl methyl sites for hydroxylation is 1. The van der Waals surface area contributed by atoms with Crippen LogP contribution in [0.2, 0.25) is 0 Å². The minimum Gasteiger partial charge on any atom is -0.390 e. The van der Waals surface area contributed by atoms with Crippen LogP contribution in [-0.2, 0) is 12.8 Å². The molecule has 1 fully saturated rings. The molecule has 3 heterocycles. The van der Waals surface area contributed by atoms with Gasteiger partial charge in [0.25, 0.3) is 11.8 Å². The van der Waals surface area contributed by atoms with Crippen LogP contribution < -0.4 is 16.0 Å². The van der Waals surface area contributed by atoms with Gasteiger partial charge >= 0.3 is 0 Å². The average Bonchev–Trinajstić information content (AvgIpc) is 3.53. The van der Waals surface area contributed by atoms with Crippen LogP contribution in [-0.4, -0.2) is 77.7 Å². The largest absolute Gasteiger partial charge is 0.390 e. The van der Waals surface area contributed by atoms with Gasteiger partial charge in [-0.3, -0.25) is 9.59 Å². The Balaban J connectivity index is 1.34. The summed E-state index contributed by atoms with van der Waals surface area (Å²) in [5.74, 6) is 0.121. The zero-order valence-electron chi connectivity index (χ0n) is 24.7. The highest BCUT2D eigenvalue weighted by atomic mass is 32.1. The first-order valence-corrected chi connectivity index (χ1v) is 15.3. The van der Waals surface area contributed by atoms with Crippen LogP contribution >= 0.6 is 11.3 Å². The number of thiazole rings is 1. The Hall–Kier alpha value is -2.92. The van der Waals surface area contributed by atoms with E-state index in [0.29, 0.717) is 36.0 Å². The highest BCUT2D eigenvalue weighted by molar-refractivity contribution is 7.19. The summed E-state index contributed by atoms with van der Waals surface area (Å²) >= 11 is 1.33. The van der Waals surface area contributed by atoms with Gasteiger partial charge in [-0.1, -0.05) is 44.2 Å². The number of β-amino-alcohol motifs (C(OH)–C–C–N with tert-alkyl or cyclic N) is 1. The molecule has 0 bridgehead atoms. The molecule has 220 valence electrons. The molecule has 1 unspecified atom stereocenters. The standard InChI is InChI=1S/C31H42N6O3S/c1-31(2,3)21-9-10-22-20(14-21)15-24-29(35-22)41-30(36-24)28(40)33-23(11-12-37(4)5)18-7-6-8-19(13-18)27(39)34-25-16-32-17-26(25)38/h6-8,13,15,21,23,25-26,32,38H,9-12,14,16-17H2,1-5H3,(H,33,40)(H,34,39)/t21-,23?,25+,26+/m0/s1. The van der Waals surface area contributed by atoms with Crippen molar-refractivity contribution in [1.29, 1.82) is 0 Å². The molecular formula is C31H42N6O3S. The second kappa shape index (κ2) is 12.1. The molecule has 2 aliphatic rings. The van der Waals surface area contributed by atoms with E-state index in [4.69, 9.17) is 9.97 Å². The number of pyridine rings is 1. The molecule has 3 aromatic rings. The molecule has 2 amide bonds. The number of aliphatic hydroxyl groups excluding tert-OH is 1. The maximum absolute atomic E-state index is 13.5. The number of amides is 2. The molecule has 0 saturated carbocycles. The Morgan fingerprint density at radius 2 is 1.98 bits per heavy atom. The van der Waals surface area contributed by atoms with E-state index >= 15 is 0 Å². The molecule has 1 saturated heterocycles. The highest BCUT2D eigenvalue weighted by Crippen LogP contribution is 2.38. The van der Waals surface area contributed by atoms with Crippen molar-refractivity contribution >= 4 is 33.5 Å². The summed E-state index contributed by atoms with van der Waals surface area (Å²) in [6.07, 6.45) is 3.14. The molecule has 10 heteroatoms. The van der Waals surface area contributed by atoms with Gasteiger partial charge in [0.2, 0.25) is 0 Å². The average molecular weight is 579 g/mol. The van der Waals surface area contributed by atoms with E-state index in [9.17, 15) is 14.7 Å². The van der Waals surface area contributed by atoms with Gasteiger partial charge < -0.3 is 26.0 Å². The topological polar surface area (TPSA) is 119 Å². The molecule has 41 heavy (non-hydrogen) atoms. The highest BCUT2D eigenvalue weighted by Gasteiger charge is 2.30. The third-order valence-corrected chi connectivity index (χ3v) is 9.35. The van der Waals surface area contributed by atoms with Crippen LogP contribution in [0, 0.1) is 11.3 Å². The second-order valence-corrected chi connectivity index (χ2v) is 13.8. The Morgan fingerprint density at radius 3 is 2.68 bits per heavy atom. The fourth-order valence-corrected chi connectivity index (χ4v) is 6.58. The number of aromatic nitrogens is 2. The van der Waals surface area contributed by atoms with Crippen molar-refractivity contribution in [3.05, 3.63) is 57.7 Å². The van der Waals surface area contributed by atoms with Gasteiger partial charge in [0.15, 0.2) is 5.01 Å². The summed E-state index contributed by atoms with van der Waals surface area (Å²) in [6.45, 7) is 8.64. The van der Waals surface area contributed by atoms with Gasteiger partial charge in [0.1, 0.15) is 10.3 Å². The first-order chi connectivity index (χ1) is 19.5. The molecule has 1 aromatic carbocycles. The lowest BCUT2D eigenvalue weighted by molar-refractivity contribution is 0.0888. The summed E-state index contributed by atoms with van der Waals surface area (Å²) in [5, 5.41) is 19.6. The van der Waals surface area contributed by atoms with Crippen LogP contribution in [0.3, 0.4) is 0 Å². The van der Waals surface area contributed by atoms with E-state index in [1.54, 1.807) is 6.07 Å². The van der Waals surface area contributed by atoms with E-state index in [1.165, 1.54) is 16.9 Å². The number of hydrogen-bond donors (Lipinski definition) is 4. The van der Waals surface area contributed by atoms with Crippen molar-refractivity contribution in [3.63, 3.8) is 0 Å². The van der Waals surface area contributed by atoms with Gasteiger partial charge in [-0.05, 0) is 87.0 Å². The van der Waals surface area contributed by atoms with Crippen LogP contribution in [0.5, 0.6) is 0 Å². The summed E-state index contributed by atoms with van der Waals surface area (Å²) in [7, 11) is 3.99. The van der Waals surface area contributed by atoms with E-state index in [2.05, 4.69) is 47.7 Å². The van der Waals surface area contributed by atoms with Crippen molar-refractivity contribution in [2.24, 2.45) is 11.3 Å². The number of carbonyl (C=O) groups excluding carboxylic acids is 2. The summed E-state index contributed by atoms with van der Waals surface area (Å²) in [4.78, 5) is 39.0. The van der Waals surface area contributed by atoms with E-state index in [1.807, 2.05) is 32.3 Å². The SMILES string of the molecule is CN(C)CCC(NC(=O)c1nc2cc3c(nc2s1)CC[C@H](C(C)(C)C)C3)c1cccc(C(=O)N[C@@H]2CNC[C@H]2O)c1. The Kier molecular flexibility index (Phi) is 8.75. The van der Waals surface area contributed by atoms with E-state index in [0.717, 1.165) is 47.4 Å². The number of benzene rings is 1. The van der Waals surface area contributed by atoms with E-state index < -0.39 is 6.10 Å². The molecule has 2 aromatic heterocycles. The Labute approximate surface area is 246 Å². The van der Waals surface area contributed by atoms with Crippen LogP contribution in [0.4, 0.5) is 0 Å². The van der Waals surface area contributed by atoms with Crippen molar-refractivity contribution < 1.29 is 14.7 Å². The fraction of sp³-hybridized carbons (Fsp3) is 0.548. The molecule has 4 N–H and O–H groups in total. The zero-order chi connectivity index (χ0) is 29.3. The first-order valence-electron chi connectivity index (χ1n) is 14.5. The molecule has 1 aliphatic carbocycles. The third kappa shape index (κ3) is 6.94. The number of rotatable bonds is 8. The lowest BCUT2D eigenvalue weighted by Crippen LogP contribution is -2.42. The summed E-state index contributed by atoms with van der Waals surface area (Å²) in [6, 6.07) is 8.84. The van der Waals surface area contributed by atoms with Gasteiger partial charge in [0.05, 0.1) is 18.2 Å². The predicted molar refractivity (Wildman–Crippen MR) is 162 cm³/mol. The molecular weight excluding hydrogens is 536 g/mol. The molecule has 0 spiro atoms. The zero-order valence-corrected chi connectivity index (χ0v) is 25.5. The minimum absolute atomic E-state index is 0.239. The third-order valence-electron chi connectivity index (χ3n) is 8.39. The predicted octanol–water partition coefficient (Wildman–Crippen LogP) is 3.33. The molecule has 1 aliphatic heterocycles. The van der Waals surface area contributed by atoms with Gasteiger partial charge in [-0.2, -0.15) is 0 Å². The molecule has 5 rings (SSSR count). The van der Waals surface area contributed by atoms with Gasteiger partial charge in [0, 0.05) is 24.3 Å². The van der Waals surface area contributed by atoms with Crippen LogP contribution in [0.25, 0.3) is 10.3 Å². The Morgan fingerprint density at radius 1 is 1.17 bits per heavy atom. The number of fused-ring (bicyclic) bond motifs is 2. The number of aliphatic hydroxyl groups is 1. The lowest BCUT2D eigenvalue weighted by atomic mass is 9.71. The first kappa shape index (κ1) is 29.6. The van der Waals surface area contributed by atoms with Crippen molar-refractivity contribution in [1.82, 2.24) is 30.8 Å². The number of nitrogens with one attached hydrogen (secondary N) is 3. The normalized spacial score (nSPS) is 21.6. The lowest BCUT2D eigenvalue weighted by Gasteiger charge is -2.34. The van der Waals surface area contributed by atoms with Crippen LogP contribution in [0.15, 0.2) is 30.3 Å². The second-order valence-electron chi connectivity index (χ2n) is 12.8. The van der Waals surface area contributed by atoms with Crippen molar-refractivity contribution in [2.45, 2.75) is 64.6 Å². The van der Waals surface area contributed by atoms with E-state index in [-0.39, 0.29) is 29.3 Å². The van der Waals surface area contributed by atoms with Gasteiger partial charge in [-0.15, -0.1) is 0 Å². The van der Waals surface area contributed by atoms with Gasteiger partial charge in [-0.25, -0.2) is 9.97 Å². The maximum atomic E-state index is 13.5.